The number of hydrogen-bond donors (Lipinski definition) is 0. The first-order valence-electron chi connectivity index (χ1n) is 15.7. The van der Waals surface area contributed by atoms with Gasteiger partial charge in [0.2, 0.25) is 5.43 Å². The SMILES string of the molecule is CCP(=O)(CC)c1cn2c(c(OCc3ccccc3)c1=O)C(=O)N1CCOC[C@H]1N2C1c2ccccc2SCc2c1ccc(F)c2F. The van der Waals surface area contributed by atoms with E-state index in [-0.39, 0.29) is 66.8 Å². The van der Waals surface area contributed by atoms with E-state index in [2.05, 4.69) is 0 Å². The molecule has 1 unspecified atom stereocenters. The minimum Gasteiger partial charge on any atom is -0.482 e. The highest BCUT2D eigenvalue weighted by molar-refractivity contribution is 7.98. The summed E-state index contributed by atoms with van der Waals surface area (Å²) in [4.78, 5) is 31.3. The van der Waals surface area contributed by atoms with Gasteiger partial charge in [-0.2, -0.15) is 0 Å². The third kappa shape index (κ3) is 5.29. The summed E-state index contributed by atoms with van der Waals surface area (Å²) < 4.78 is 58.5. The highest BCUT2D eigenvalue weighted by Gasteiger charge is 2.47. The lowest BCUT2D eigenvalue weighted by molar-refractivity contribution is -0.0198. The molecule has 244 valence electrons. The molecule has 1 fully saturated rings. The predicted octanol–water partition coefficient (Wildman–Crippen LogP) is 5.88. The van der Waals surface area contributed by atoms with Crippen LogP contribution in [-0.4, -0.2) is 53.7 Å². The Bertz CT molecular complexity index is 1970. The van der Waals surface area contributed by atoms with Crippen molar-refractivity contribution in [3.8, 4) is 5.75 Å². The first-order valence-corrected chi connectivity index (χ1v) is 18.7. The molecule has 8 nitrogen and oxygen atoms in total. The molecule has 2 atom stereocenters. The summed E-state index contributed by atoms with van der Waals surface area (Å²) in [6.45, 7) is 4.22. The molecule has 4 heterocycles. The molecular formula is C35H34F2N3O5PS. The normalized spacial score (nSPS) is 18.9. The zero-order valence-corrected chi connectivity index (χ0v) is 27.7. The highest BCUT2D eigenvalue weighted by atomic mass is 32.2. The molecule has 0 bridgehead atoms. The number of morpholine rings is 1. The zero-order valence-electron chi connectivity index (χ0n) is 26.0. The number of rotatable bonds is 7. The molecule has 0 N–H and O–H groups in total. The molecule has 0 saturated carbocycles. The van der Waals surface area contributed by atoms with Gasteiger partial charge in [-0.05, 0) is 28.8 Å². The second-order valence-electron chi connectivity index (χ2n) is 11.8. The highest BCUT2D eigenvalue weighted by Crippen LogP contribution is 2.47. The summed E-state index contributed by atoms with van der Waals surface area (Å²) in [5, 5.41) is 1.98. The molecule has 0 radical (unpaired) electrons. The second kappa shape index (κ2) is 12.6. The predicted molar refractivity (Wildman–Crippen MR) is 178 cm³/mol. The molecule has 7 rings (SSSR count). The lowest BCUT2D eigenvalue weighted by atomic mass is 9.93. The smallest absolute Gasteiger partial charge is 0.278 e. The first-order chi connectivity index (χ1) is 22.8. The van der Waals surface area contributed by atoms with Crippen molar-refractivity contribution in [3.63, 3.8) is 0 Å². The molecule has 1 aromatic heterocycles. The van der Waals surface area contributed by atoms with Crippen molar-refractivity contribution in [1.29, 1.82) is 0 Å². The zero-order chi connectivity index (χ0) is 32.9. The lowest BCUT2D eigenvalue weighted by Crippen LogP contribution is -2.67. The van der Waals surface area contributed by atoms with Gasteiger partial charge in [-0.15, -0.1) is 11.8 Å². The summed E-state index contributed by atoms with van der Waals surface area (Å²) in [6.07, 6.45) is 1.30. The van der Waals surface area contributed by atoms with Gasteiger partial charge in [0, 0.05) is 41.3 Å². The number of fused-ring (bicyclic) bond motifs is 4. The first kappa shape index (κ1) is 31.7. The van der Waals surface area contributed by atoms with Crippen LogP contribution in [0.15, 0.2) is 82.6 Å². The van der Waals surface area contributed by atoms with Gasteiger partial charge in [-0.1, -0.05) is 68.4 Å². The molecule has 3 aromatic carbocycles. The fourth-order valence-electron chi connectivity index (χ4n) is 6.74. The van der Waals surface area contributed by atoms with Gasteiger partial charge in [0.05, 0.1) is 24.6 Å². The van der Waals surface area contributed by atoms with Crippen LogP contribution in [0.2, 0.25) is 0 Å². The Hall–Kier alpha value is -3.92. The van der Waals surface area contributed by atoms with Crippen LogP contribution in [0.4, 0.5) is 8.78 Å². The molecular weight excluding hydrogens is 643 g/mol. The molecule has 1 saturated heterocycles. The van der Waals surface area contributed by atoms with E-state index in [9.17, 15) is 18.5 Å². The maximum atomic E-state index is 15.6. The second-order valence-corrected chi connectivity index (χ2v) is 16.3. The Morgan fingerprint density at radius 3 is 2.49 bits per heavy atom. The van der Waals surface area contributed by atoms with Crippen molar-refractivity contribution in [2.45, 2.75) is 43.3 Å². The number of pyridine rings is 1. The minimum atomic E-state index is -3.23. The van der Waals surface area contributed by atoms with Crippen LogP contribution in [0.1, 0.15) is 52.6 Å². The van der Waals surface area contributed by atoms with Crippen LogP contribution in [0.3, 0.4) is 0 Å². The van der Waals surface area contributed by atoms with E-state index in [1.165, 1.54) is 18.0 Å². The van der Waals surface area contributed by atoms with E-state index in [4.69, 9.17) is 9.47 Å². The number of carbonyl (C=O) groups excluding carboxylic acids is 1. The molecule has 0 aliphatic carbocycles. The maximum Gasteiger partial charge on any atom is 0.278 e. The molecule has 47 heavy (non-hydrogen) atoms. The van der Waals surface area contributed by atoms with Gasteiger partial charge in [-0.25, -0.2) is 8.78 Å². The molecule has 12 heteroatoms. The Kier molecular flexibility index (Phi) is 8.49. The summed E-state index contributed by atoms with van der Waals surface area (Å²) >= 11 is 1.41. The van der Waals surface area contributed by atoms with Gasteiger partial charge in [0.15, 0.2) is 23.1 Å². The Balaban J connectivity index is 1.54. The molecule has 3 aliphatic rings. The van der Waals surface area contributed by atoms with Crippen LogP contribution in [0.5, 0.6) is 5.75 Å². The third-order valence-electron chi connectivity index (χ3n) is 9.31. The quantitative estimate of drug-likeness (QED) is 0.226. The summed E-state index contributed by atoms with van der Waals surface area (Å²) in [5.41, 5.74) is 1.75. The van der Waals surface area contributed by atoms with Crippen LogP contribution < -0.4 is 20.5 Å². The average Bonchev–Trinajstić information content (AvgIpc) is 3.27. The number of carbonyl (C=O) groups is 1. The van der Waals surface area contributed by atoms with Gasteiger partial charge >= 0.3 is 0 Å². The summed E-state index contributed by atoms with van der Waals surface area (Å²) in [5.74, 6) is -2.29. The Labute approximate surface area is 275 Å². The van der Waals surface area contributed by atoms with Crippen molar-refractivity contribution in [2.24, 2.45) is 0 Å². The number of hydrogen-bond acceptors (Lipinski definition) is 7. The van der Waals surface area contributed by atoms with Gasteiger partial charge < -0.3 is 18.9 Å². The summed E-state index contributed by atoms with van der Waals surface area (Å²) in [6, 6.07) is 18.9. The largest absolute Gasteiger partial charge is 0.482 e. The average molecular weight is 678 g/mol. The van der Waals surface area contributed by atoms with E-state index in [0.29, 0.717) is 5.56 Å². The number of nitrogens with zero attached hydrogens (tertiary/aromatic N) is 3. The standard InChI is InChI=1S/C35H34F2N3O5PS/c1-3-46(43,4-2)27-18-39-32(34(33(27)41)45-19-22-10-6-5-7-11-22)35(42)38-16-17-44-20-29(38)40(39)31-23-14-15-26(36)30(37)25(23)21-47-28-13-9-8-12-24(28)31/h5-15,18,29,31H,3-4,16-17,19-21H2,1-2H3/t29-,31?/m1/s1. The third-order valence-corrected chi connectivity index (χ3v) is 13.7. The van der Waals surface area contributed by atoms with Crippen LogP contribution in [0.25, 0.3) is 0 Å². The van der Waals surface area contributed by atoms with Crippen molar-refractivity contribution in [3.05, 3.63) is 123 Å². The molecule has 0 spiro atoms. The van der Waals surface area contributed by atoms with E-state index in [1.54, 1.807) is 29.5 Å². The fourth-order valence-corrected chi connectivity index (χ4v) is 9.77. The Morgan fingerprint density at radius 2 is 1.72 bits per heavy atom. The van der Waals surface area contributed by atoms with E-state index < -0.39 is 42.3 Å². The van der Waals surface area contributed by atoms with E-state index in [1.807, 2.05) is 59.6 Å². The van der Waals surface area contributed by atoms with Gasteiger partial charge in [0.1, 0.15) is 19.9 Å². The number of thioether (sulfide) groups is 1. The van der Waals surface area contributed by atoms with Crippen LogP contribution in [0, 0.1) is 11.6 Å². The van der Waals surface area contributed by atoms with Crippen molar-refractivity contribution >= 4 is 30.1 Å². The van der Waals surface area contributed by atoms with Crippen molar-refractivity contribution in [2.75, 3.05) is 37.1 Å². The van der Waals surface area contributed by atoms with E-state index >= 15 is 4.39 Å². The van der Waals surface area contributed by atoms with Crippen LogP contribution >= 0.6 is 18.9 Å². The monoisotopic (exact) mass is 677 g/mol. The van der Waals surface area contributed by atoms with Gasteiger partial charge in [0.25, 0.3) is 5.91 Å². The van der Waals surface area contributed by atoms with Gasteiger partial charge in [-0.3, -0.25) is 19.3 Å². The van der Waals surface area contributed by atoms with E-state index in [0.717, 1.165) is 22.1 Å². The maximum absolute atomic E-state index is 15.6. The van der Waals surface area contributed by atoms with Crippen molar-refractivity contribution in [1.82, 2.24) is 9.58 Å². The number of halogens is 2. The number of aromatic nitrogens is 1. The Morgan fingerprint density at radius 1 is 0.979 bits per heavy atom. The molecule has 4 aromatic rings. The molecule has 3 aliphatic heterocycles. The number of benzene rings is 3. The number of amides is 1. The number of ether oxygens (including phenoxy) is 2. The fraction of sp³-hybridized carbons (Fsp3) is 0.314. The summed E-state index contributed by atoms with van der Waals surface area (Å²) in [7, 11) is -3.23. The minimum absolute atomic E-state index is 0.00509. The molecule has 1 amide bonds. The topological polar surface area (TPSA) is 81.1 Å². The van der Waals surface area contributed by atoms with Crippen LogP contribution in [-0.2, 0) is 21.7 Å². The lowest BCUT2D eigenvalue weighted by Gasteiger charge is -2.51. The van der Waals surface area contributed by atoms with Crippen molar-refractivity contribution < 1.29 is 27.6 Å².